The third kappa shape index (κ3) is 3.58. The van der Waals surface area contributed by atoms with Crippen molar-refractivity contribution in [2.24, 2.45) is 0 Å². The molecule has 0 saturated carbocycles. The molecule has 2 heterocycles. The molecule has 1 saturated heterocycles. The van der Waals surface area contributed by atoms with Crippen LogP contribution in [-0.2, 0) is 4.79 Å². The lowest BCUT2D eigenvalue weighted by Crippen LogP contribution is -2.59. The summed E-state index contributed by atoms with van der Waals surface area (Å²) in [6, 6.07) is 3.62. The van der Waals surface area contributed by atoms with Gasteiger partial charge in [-0.15, -0.1) is 0 Å². The topological polar surface area (TPSA) is 57.5 Å². The normalized spacial score (nSPS) is 21.0. The lowest BCUT2D eigenvalue weighted by atomic mass is 10.0. The van der Waals surface area contributed by atoms with Crippen LogP contribution in [0.5, 0.6) is 0 Å². The fourth-order valence-electron chi connectivity index (χ4n) is 2.39. The first-order valence-electron chi connectivity index (χ1n) is 6.77. The lowest BCUT2D eigenvalue weighted by molar-refractivity contribution is -0.124. The zero-order valence-corrected chi connectivity index (χ0v) is 11.9. The Balaban J connectivity index is 1.87. The van der Waals surface area contributed by atoms with E-state index in [0.29, 0.717) is 6.54 Å². The van der Waals surface area contributed by atoms with Crippen molar-refractivity contribution in [2.75, 3.05) is 26.2 Å². The molecule has 19 heavy (non-hydrogen) atoms. The van der Waals surface area contributed by atoms with Crippen LogP contribution >= 0.6 is 0 Å². The van der Waals surface area contributed by atoms with Gasteiger partial charge >= 0.3 is 0 Å². The highest BCUT2D eigenvalue weighted by Gasteiger charge is 2.31. The van der Waals surface area contributed by atoms with Gasteiger partial charge in [-0.05, 0) is 32.9 Å². The highest BCUT2D eigenvalue weighted by molar-refractivity contribution is 5.78. The Morgan fingerprint density at radius 1 is 1.63 bits per heavy atom. The van der Waals surface area contributed by atoms with Crippen LogP contribution in [0, 0.1) is 0 Å². The van der Waals surface area contributed by atoms with E-state index in [2.05, 4.69) is 29.4 Å². The quantitative estimate of drug-likeness (QED) is 0.857. The number of carbonyl (C=O) groups excluding carboxylic acids is 1. The van der Waals surface area contributed by atoms with Crippen LogP contribution in [-0.4, -0.2) is 42.5 Å². The highest BCUT2D eigenvalue weighted by atomic mass is 16.3. The van der Waals surface area contributed by atoms with E-state index in [0.717, 1.165) is 25.4 Å². The highest BCUT2D eigenvalue weighted by Crippen LogP contribution is 2.16. The predicted octanol–water partition coefficient (Wildman–Crippen LogP) is 1.14. The zero-order chi connectivity index (χ0) is 13.9. The summed E-state index contributed by atoms with van der Waals surface area (Å²) in [6.45, 7) is 9.41. The minimum Gasteiger partial charge on any atom is -0.467 e. The number of piperazine rings is 1. The summed E-state index contributed by atoms with van der Waals surface area (Å²) in [4.78, 5) is 14.3. The lowest BCUT2D eigenvalue weighted by Gasteiger charge is -2.42. The van der Waals surface area contributed by atoms with E-state index in [-0.39, 0.29) is 17.5 Å². The Bertz CT molecular complexity index is 414. The molecule has 1 atom stereocenters. The van der Waals surface area contributed by atoms with E-state index in [1.54, 1.807) is 6.26 Å². The fourth-order valence-corrected chi connectivity index (χ4v) is 2.39. The maximum atomic E-state index is 12.1. The van der Waals surface area contributed by atoms with Gasteiger partial charge in [-0.1, -0.05) is 0 Å². The van der Waals surface area contributed by atoms with E-state index in [9.17, 15) is 4.79 Å². The molecule has 2 rings (SSSR count). The molecule has 0 spiro atoms. The number of nitrogens with one attached hydrogen (secondary N) is 2. The SMILES string of the molecule is CC(NC(=O)CN1CCNCC1(C)C)c1ccco1. The van der Waals surface area contributed by atoms with Crippen molar-refractivity contribution in [2.45, 2.75) is 32.4 Å². The smallest absolute Gasteiger partial charge is 0.234 e. The standard InChI is InChI=1S/C14H23N3O2/c1-11(12-5-4-8-19-12)16-13(18)9-17-7-6-15-10-14(17,2)3/h4-5,8,11,15H,6-7,9-10H2,1-3H3,(H,16,18). The van der Waals surface area contributed by atoms with Crippen LogP contribution < -0.4 is 10.6 Å². The van der Waals surface area contributed by atoms with Gasteiger partial charge in [0, 0.05) is 25.2 Å². The van der Waals surface area contributed by atoms with E-state index in [1.165, 1.54) is 0 Å². The van der Waals surface area contributed by atoms with Crippen LogP contribution in [0.1, 0.15) is 32.6 Å². The van der Waals surface area contributed by atoms with Crippen molar-refractivity contribution in [3.63, 3.8) is 0 Å². The molecular formula is C14H23N3O2. The molecule has 0 radical (unpaired) electrons. The molecular weight excluding hydrogens is 242 g/mol. The van der Waals surface area contributed by atoms with Crippen molar-refractivity contribution in [3.8, 4) is 0 Å². The average molecular weight is 265 g/mol. The van der Waals surface area contributed by atoms with Gasteiger partial charge in [-0.25, -0.2) is 0 Å². The first-order chi connectivity index (χ1) is 8.99. The van der Waals surface area contributed by atoms with E-state index < -0.39 is 0 Å². The molecule has 106 valence electrons. The Morgan fingerprint density at radius 2 is 2.42 bits per heavy atom. The van der Waals surface area contributed by atoms with E-state index in [1.807, 2.05) is 19.1 Å². The summed E-state index contributed by atoms with van der Waals surface area (Å²) in [6.07, 6.45) is 1.62. The van der Waals surface area contributed by atoms with Gasteiger partial charge in [-0.2, -0.15) is 0 Å². The van der Waals surface area contributed by atoms with Crippen molar-refractivity contribution in [3.05, 3.63) is 24.2 Å². The first-order valence-corrected chi connectivity index (χ1v) is 6.77. The maximum absolute atomic E-state index is 12.1. The molecule has 1 unspecified atom stereocenters. The van der Waals surface area contributed by atoms with Gasteiger partial charge in [0.1, 0.15) is 5.76 Å². The molecule has 1 fully saturated rings. The van der Waals surface area contributed by atoms with Crippen molar-refractivity contribution < 1.29 is 9.21 Å². The second-order valence-corrected chi connectivity index (χ2v) is 5.72. The Labute approximate surface area is 114 Å². The fraction of sp³-hybridized carbons (Fsp3) is 0.643. The summed E-state index contributed by atoms with van der Waals surface area (Å²) >= 11 is 0. The Morgan fingerprint density at radius 3 is 3.05 bits per heavy atom. The average Bonchev–Trinajstić information content (AvgIpc) is 2.85. The zero-order valence-electron chi connectivity index (χ0n) is 11.9. The van der Waals surface area contributed by atoms with Crippen LogP contribution in [0.2, 0.25) is 0 Å². The van der Waals surface area contributed by atoms with Gasteiger partial charge in [-0.3, -0.25) is 9.69 Å². The molecule has 0 bridgehead atoms. The van der Waals surface area contributed by atoms with Gasteiger partial charge < -0.3 is 15.1 Å². The number of nitrogens with zero attached hydrogens (tertiary/aromatic N) is 1. The number of amides is 1. The van der Waals surface area contributed by atoms with Gasteiger partial charge in [0.25, 0.3) is 0 Å². The Kier molecular flexibility index (Phi) is 4.27. The summed E-state index contributed by atoms with van der Waals surface area (Å²) in [7, 11) is 0. The maximum Gasteiger partial charge on any atom is 0.234 e. The molecule has 1 amide bonds. The number of rotatable bonds is 4. The predicted molar refractivity (Wildman–Crippen MR) is 73.8 cm³/mol. The molecule has 5 heteroatoms. The van der Waals surface area contributed by atoms with E-state index in [4.69, 9.17) is 4.42 Å². The van der Waals surface area contributed by atoms with Crippen molar-refractivity contribution in [1.82, 2.24) is 15.5 Å². The molecule has 0 aliphatic carbocycles. The van der Waals surface area contributed by atoms with Crippen LogP contribution in [0.15, 0.2) is 22.8 Å². The third-order valence-electron chi connectivity index (χ3n) is 3.65. The first kappa shape index (κ1) is 14.1. The molecule has 1 aromatic heterocycles. The van der Waals surface area contributed by atoms with Crippen molar-refractivity contribution in [1.29, 1.82) is 0 Å². The van der Waals surface area contributed by atoms with Crippen molar-refractivity contribution >= 4 is 5.91 Å². The van der Waals surface area contributed by atoms with Gasteiger partial charge in [0.05, 0.1) is 18.8 Å². The molecule has 5 nitrogen and oxygen atoms in total. The number of carbonyl (C=O) groups is 1. The minimum absolute atomic E-state index is 0.0174. The largest absolute Gasteiger partial charge is 0.467 e. The summed E-state index contributed by atoms with van der Waals surface area (Å²) < 4.78 is 5.29. The van der Waals surface area contributed by atoms with Crippen LogP contribution in [0.4, 0.5) is 0 Å². The summed E-state index contributed by atoms with van der Waals surface area (Å²) in [5, 5.41) is 6.33. The summed E-state index contributed by atoms with van der Waals surface area (Å²) in [5.74, 6) is 0.826. The molecule has 1 aliphatic heterocycles. The number of furan rings is 1. The van der Waals surface area contributed by atoms with Crippen LogP contribution in [0.25, 0.3) is 0 Å². The second-order valence-electron chi connectivity index (χ2n) is 5.72. The molecule has 0 aromatic carbocycles. The number of hydrogen-bond donors (Lipinski definition) is 2. The Hall–Kier alpha value is -1.33. The van der Waals surface area contributed by atoms with Gasteiger partial charge in [0.15, 0.2) is 0 Å². The number of hydrogen-bond acceptors (Lipinski definition) is 4. The van der Waals surface area contributed by atoms with E-state index >= 15 is 0 Å². The molecule has 1 aliphatic rings. The third-order valence-corrected chi connectivity index (χ3v) is 3.65. The molecule has 2 N–H and O–H groups in total. The second kappa shape index (κ2) is 5.75. The minimum atomic E-state index is -0.0893. The summed E-state index contributed by atoms with van der Waals surface area (Å²) in [5.41, 5.74) is 0.0174. The van der Waals surface area contributed by atoms with Crippen LogP contribution in [0.3, 0.4) is 0 Å². The monoisotopic (exact) mass is 265 g/mol. The van der Waals surface area contributed by atoms with Gasteiger partial charge in [0.2, 0.25) is 5.91 Å². The molecule has 1 aromatic rings.